The molecule has 0 aliphatic carbocycles. The standard InChI is InChI=1S/C23H14N4O6/c28-21(29)16-5-1-3-14(25-16)18-10-13(12-7-8-24-20(9-12)23(32)33)11-19(27-18)15-4-2-6-17(26-15)22(30)31/h1-11H,(H,28,29)(H,30,31)(H,32,33). The molecule has 0 bridgehead atoms. The predicted molar refractivity (Wildman–Crippen MR) is 115 cm³/mol. The fourth-order valence-corrected chi connectivity index (χ4v) is 3.08. The van der Waals surface area contributed by atoms with E-state index in [1.54, 1.807) is 30.3 Å². The van der Waals surface area contributed by atoms with E-state index in [2.05, 4.69) is 19.9 Å². The highest BCUT2D eigenvalue weighted by Crippen LogP contribution is 2.29. The normalized spacial score (nSPS) is 10.5. The first-order valence-corrected chi connectivity index (χ1v) is 9.45. The number of carboxylic acids is 3. The maximum absolute atomic E-state index is 11.4. The van der Waals surface area contributed by atoms with Crippen LogP contribution in [0.2, 0.25) is 0 Å². The summed E-state index contributed by atoms with van der Waals surface area (Å²) in [7, 11) is 0. The zero-order chi connectivity index (χ0) is 23.5. The minimum atomic E-state index is -1.20. The number of hydrogen-bond acceptors (Lipinski definition) is 7. The van der Waals surface area contributed by atoms with Gasteiger partial charge in [-0.1, -0.05) is 12.1 Å². The maximum atomic E-state index is 11.4. The van der Waals surface area contributed by atoms with E-state index < -0.39 is 17.9 Å². The highest BCUT2D eigenvalue weighted by atomic mass is 16.4. The molecule has 33 heavy (non-hydrogen) atoms. The molecule has 0 saturated heterocycles. The topological polar surface area (TPSA) is 163 Å². The van der Waals surface area contributed by atoms with Gasteiger partial charge < -0.3 is 15.3 Å². The zero-order valence-electron chi connectivity index (χ0n) is 16.7. The lowest BCUT2D eigenvalue weighted by atomic mass is 10.0. The van der Waals surface area contributed by atoms with Gasteiger partial charge in [0.25, 0.3) is 0 Å². The van der Waals surface area contributed by atoms with Crippen LogP contribution in [0.15, 0.2) is 66.9 Å². The van der Waals surface area contributed by atoms with E-state index >= 15 is 0 Å². The quantitative estimate of drug-likeness (QED) is 0.403. The number of nitrogens with zero attached hydrogens (tertiary/aromatic N) is 4. The van der Waals surface area contributed by atoms with Crippen molar-refractivity contribution in [1.82, 2.24) is 19.9 Å². The molecule has 4 aromatic heterocycles. The molecule has 0 unspecified atom stereocenters. The summed E-state index contributed by atoms with van der Waals surface area (Å²) in [6.07, 6.45) is 1.35. The number of aromatic carboxylic acids is 3. The van der Waals surface area contributed by atoms with Gasteiger partial charge in [0.15, 0.2) is 0 Å². The summed E-state index contributed by atoms with van der Waals surface area (Å²) >= 11 is 0. The summed E-state index contributed by atoms with van der Waals surface area (Å²) in [6.45, 7) is 0. The van der Waals surface area contributed by atoms with Gasteiger partial charge in [-0.15, -0.1) is 0 Å². The highest BCUT2D eigenvalue weighted by Gasteiger charge is 2.15. The molecule has 0 aliphatic heterocycles. The summed E-state index contributed by atoms with van der Waals surface area (Å²) < 4.78 is 0. The summed E-state index contributed by atoms with van der Waals surface area (Å²) in [5.74, 6) is -3.61. The van der Waals surface area contributed by atoms with E-state index in [0.717, 1.165) is 0 Å². The Hall–Kier alpha value is -4.99. The Morgan fingerprint density at radius 3 is 1.55 bits per heavy atom. The number of aromatic nitrogens is 4. The molecule has 0 aliphatic rings. The first-order valence-electron chi connectivity index (χ1n) is 9.45. The SMILES string of the molecule is O=C(O)c1cc(-c2cc(-c3cccc(C(=O)O)n3)nc(-c3cccc(C(=O)O)n3)c2)ccn1. The van der Waals surface area contributed by atoms with Crippen molar-refractivity contribution in [2.75, 3.05) is 0 Å². The van der Waals surface area contributed by atoms with Gasteiger partial charge in [0.2, 0.25) is 0 Å². The van der Waals surface area contributed by atoms with Crippen LogP contribution in [0.5, 0.6) is 0 Å². The second kappa shape index (κ2) is 8.63. The van der Waals surface area contributed by atoms with Gasteiger partial charge in [0, 0.05) is 6.20 Å². The molecule has 0 radical (unpaired) electrons. The molecule has 0 fully saturated rings. The average Bonchev–Trinajstić information content (AvgIpc) is 2.84. The van der Waals surface area contributed by atoms with E-state index in [4.69, 9.17) is 0 Å². The van der Waals surface area contributed by atoms with Crippen molar-refractivity contribution >= 4 is 17.9 Å². The number of pyridine rings is 4. The molecule has 0 saturated carbocycles. The van der Waals surface area contributed by atoms with Crippen LogP contribution >= 0.6 is 0 Å². The summed E-state index contributed by atoms with van der Waals surface area (Å²) in [5.41, 5.74) is 1.64. The Morgan fingerprint density at radius 1 is 0.545 bits per heavy atom. The Balaban J connectivity index is 1.94. The third-order valence-electron chi connectivity index (χ3n) is 4.60. The van der Waals surface area contributed by atoms with E-state index in [0.29, 0.717) is 22.5 Å². The van der Waals surface area contributed by atoms with Crippen molar-refractivity contribution in [2.24, 2.45) is 0 Å². The molecule has 0 aromatic carbocycles. The van der Waals surface area contributed by atoms with Crippen LogP contribution in [0.25, 0.3) is 33.9 Å². The molecule has 4 rings (SSSR count). The lowest BCUT2D eigenvalue weighted by Gasteiger charge is -2.10. The van der Waals surface area contributed by atoms with Crippen molar-refractivity contribution in [3.05, 3.63) is 83.9 Å². The predicted octanol–water partition coefficient (Wildman–Crippen LogP) is 3.36. The van der Waals surface area contributed by atoms with E-state index in [9.17, 15) is 29.7 Å². The fourth-order valence-electron chi connectivity index (χ4n) is 3.08. The van der Waals surface area contributed by atoms with Gasteiger partial charge in [-0.25, -0.2) is 34.3 Å². The van der Waals surface area contributed by atoms with E-state index in [-0.39, 0.29) is 28.5 Å². The maximum Gasteiger partial charge on any atom is 0.354 e. The Morgan fingerprint density at radius 2 is 1.06 bits per heavy atom. The third-order valence-corrected chi connectivity index (χ3v) is 4.60. The van der Waals surface area contributed by atoms with Crippen molar-refractivity contribution in [3.8, 4) is 33.9 Å². The number of carbonyl (C=O) groups is 3. The smallest absolute Gasteiger partial charge is 0.354 e. The first-order chi connectivity index (χ1) is 15.8. The third kappa shape index (κ3) is 4.54. The fraction of sp³-hybridized carbons (Fsp3) is 0. The molecule has 162 valence electrons. The summed E-state index contributed by atoms with van der Waals surface area (Å²) in [4.78, 5) is 50.6. The van der Waals surface area contributed by atoms with Crippen LogP contribution in [0.4, 0.5) is 0 Å². The Bertz CT molecular complexity index is 1240. The molecule has 3 N–H and O–H groups in total. The molecule has 0 atom stereocenters. The minimum absolute atomic E-state index is 0.163. The van der Waals surface area contributed by atoms with Gasteiger partial charge in [-0.3, -0.25) is 0 Å². The van der Waals surface area contributed by atoms with Crippen LogP contribution in [0.3, 0.4) is 0 Å². The van der Waals surface area contributed by atoms with Gasteiger partial charge >= 0.3 is 17.9 Å². The molecule has 4 heterocycles. The van der Waals surface area contributed by atoms with Crippen molar-refractivity contribution < 1.29 is 29.7 Å². The molecular formula is C23H14N4O6. The van der Waals surface area contributed by atoms with Crippen molar-refractivity contribution in [3.63, 3.8) is 0 Å². The molecule has 0 spiro atoms. The van der Waals surface area contributed by atoms with Crippen LogP contribution in [0, 0.1) is 0 Å². The number of rotatable bonds is 6. The monoisotopic (exact) mass is 442 g/mol. The Kier molecular flexibility index (Phi) is 5.56. The lowest BCUT2D eigenvalue weighted by Crippen LogP contribution is -2.03. The van der Waals surface area contributed by atoms with Crippen molar-refractivity contribution in [1.29, 1.82) is 0 Å². The average molecular weight is 442 g/mol. The zero-order valence-corrected chi connectivity index (χ0v) is 16.7. The summed E-state index contributed by atoms with van der Waals surface area (Å²) in [6, 6.07) is 15.1. The van der Waals surface area contributed by atoms with Gasteiger partial charge in [0.1, 0.15) is 17.1 Å². The first kappa shape index (κ1) is 21.2. The Labute approximate surface area is 185 Å². The second-order valence-electron chi connectivity index (χ2n) is 6.79. The number of carboxylic acid groups (broad SMARTS) is 3. The highest BCUT2D eigenvalue weighted by molar-refractivity contribution is 5.88. The molecular weight excluding hydrogens is 428 g/mol. The van der Waals surface area contributed by atoms with Crippen LogP contribution < -0.4 is 0 Å². The molecule has 0 amide bonds. The van der Waals surface area contributed by atoms with Gasteiger partial charge in [-0.05, 0) is 59.7 Å². The minimum Gasteiger partial charge on any atom is -0.477 e. The van der Waals surface area contributed by atoms with Crippen molar-refractivity contribution in [2.45, 2.75) is 0 Å². The van der Waals surface area contributed by atoms with Gasteiger partial charge in [-0.2, -0.15) is 0 Å². The van der Waals surface area contributed by atoms with Crippen LogP contribution in [-0.2, 0) is 0 Å². The van der Waals surface area contributed by atoms with E-state index in [1.807, 2.05) is 0 Å². The van der Waals surface area contributed by atoms with E-state index in [1.165, 1.54) is 36.5 Å². The van der Waals surface area contributed by atoms with Gasteiger partial charge in [0.05, 0.1) is 22.8 Å². The molecule has 4 aromatic rings. The molecule has 10 nitrogen and oxygen atoms in total. The molecule has 10 heteroatoms. The largest absolute Gasteiger partial charge is 0.477 e. The number of hydrogen-bond donors (Lipinski definition) is 3. The lowest BCUT2D eigenvalue weighted by molar-refractivity contribution is 0.0680. The second-order valence-corrected chi connectivity index (χ2v) is 6.79. The van der Waals surface area contributed by atoms with Crippen LogP contribution in [0.1, 0.15) is 31.5 Å². The van der Waals surface area contributed by atoms with Crippen LogP contribution in [-0.4, -0.2) is 53.2 Å². The summed E-state index contributed by atoms with van der Waals surface area (Å²) in [5, 5.41) is 27.8.